The topological polar surface area (TPSA) is 76.5 Å². The van der Waals surface area contributed by atoms with Gasteiger partial charge < -0.3 is 15.0 Å². The highest BCUT2D eigenvalue weighted by Gasteiger charge is 2.28. The maximum atomic E-state index is 13.7. The van der Waals surface area contributed by atoms with Crippen molar-refractivity contribution in [2.75, 3.05) is 25.1 Å². The summed E-state index contributed by atoms with van der Waals surface area (Å²) in [6.07, 6.45) is 1.61. The van der Waals surface area contributed by atoms with Crippen molar-refractivity contribution >= 4 is 22.8 Å². The van der Waals surface area contributed by atoms with Gasteiger partial charge in [-0.3, -0.25) is 14.2 Å². The third-order valence-corrected chi connectivity index (χ3v) is 6.99. The minimum atomic E-state index is -0.211. The van der Waals surface area contributed by atoms with Crippen LogP contribution in [0.25, 0.3) is 11.0 Å². The number of para-hydroxylation sites is 2. The van der Waals surface area contributed by atoms with Crippen LogP contribution in [0.5, 0.6) is 5.75 Å². The van der Waals surface area contributed by atoms with Crippen molar-refractivity contribution in [3.05, 3.63) is 99.8 Å². The van der Waals surface area contributed by atoms with E-state index in [2.05, 4.69) is 36.5 Å². The summed E-state index contributed by atoms with van der Waals surface area (Å²) in [5.41, 5.74) is 4.67. The lowest BCUT2D eigenvalue weighted by Crippen LogP contribution is -2.45. The summed E-state index contributed by atoms with van der Waals surface area (Å²) >= 11 is 0. The molecule has 1 N–H and O–H groups in total. The third kappa shape index (κ3) is 5.50. The molecule has 1 amide bonds. The monoisotopic (exact) mass is 496 g/mol. The van der Waals surface area contributed by atoms with Crippen LogP contribution in [0.4, 0.5) is 5.82 Å². The maximum Gasteiger partial charge on any atom is 0.294 e. The molecule has 0 spiro atoms. The first kappa shape index (κ1) is 24.6. The van der Waals surface area contributed by atoms with Crippen LogP contribution >= 0.6 is 0 Å². The van der Waals surface area contributed by atoms with Crippen LogP contribution in [0.2, 0.25) is 0 Å². The predicted molar refractivity (Wildman–Crippen MR) is 146 cm³/mol. The fraction of sp³-hybridized carbons (Fsp3) is 0.300. The molecule has 4 aromatic rings. The smallest absolute Gasteiger partial charge is 0.294 e. The van der Waals surface area contributed by atoms with Crippen LogP contribution in [0, 0.1) is 12.8 Å². The number of methoxy groups -OCH3 is 1. The Morgan fingerprint density at radius 3 is 2.68 bits per heavy atom. The molecule has 0 aliphatic carbocycles. The van der Waals surface area contributed by atoms with Crippen molar-refractivity contribution in [1.82, 2.24) is 14.9 Å². The Bertz CT molecular complexity index is 1460. The molecule has 2 heterocycles. The van der Waals surface area contributed by atoms with Gasteiger partial charge in [0.25, 0.3) is 5.56 Å². The molecule has 1 atom stereocenters. The molecule has 37 heavy (non-hydrogen) atoms. The van der Waals surface area contributed by atoms with Gasteiger partial charge in [0, 0.05) is 19.6 Å². The summed E-state index contributed by atoms with van der Waals surface area (Å²) in [6.45, 7) is 4.12. The number of fused-ring (bicyclic) bond motifs is 1. The number of hydrogen-bond donors (Lipinski definition) is 1. The van der Waals surface area contributed by atoms with E-state index >= 15 is 0 Å². The third-order valence-electron chi connectivity index (χ3n) is 6.99. The number of aryl methyl sites for hydroxylation is 1. The number of nitrogens with zero attached hydrogens (tertiary/aromatic N) is 3. The summed E-state index contributed by atoms with van der Waals surface area (Å²) < 4.78 is 7.08. The van der Waals surface area contributed by atoms with E-state index in [1.54, 1.807) is 11.7 Å². The van der Waals surface area contributed by atoms with Crippen molar-refractivity contribution in [2.45, 2.75) is 32.9 Å². The van der Waals surface area contributed by atoms with Crippen molar-refractivity contribution < 1.29 is 9.53 Å². The van der Waals surface area contributed by atoms with E-state index in [1.165, 1.54) is 5.56 Å². The molecule has 1 aliphatic rings. The van der Waals surface area contributed by atoms with Gasteiger partial charge in [-0.2, -0.15) is 0 Å². The second kappa shape index (κ2) is 10.9. The van der Waals surface area contributed by atoms with Crippen LogP contribution < -0.4 is 20.5 Å². The zero-order valence-corrected chi connectivity index (χ0v) is 21.3. The standard InChI is InChI=1S/C30H32N4O3/c1-21-12-14-22(15-13-21)19-34-27-11-4-3-10-26(27)32-28(30(34)36)33-16-6-8-24(20-33)29(35)31-18-23-7-5-9-25(17-23)37-2/h3-5,7,9-15,17,24H,6,8,16,18-20H2,1-2H3,(H,31,35)/t24-/m1/s1. The van der Waals surface area contributed by atoms with Crippen molar-refractivity contribution in [2.24, 2.45) is 5.92 Å². The summed E-state index contributed by atoms with van der Waals surface area (Å²) in [5.74, 6) is 0.960. The van der Waals surface area contributed by atoms with E-state index in [-0.39, 0.29) is 17.4 Å². The molecule has 7 heteroatoms. The molecule has 5 rings (SSSR count). The highest BCUT2D eigenvalue weighted by Crippen LogP contribution is 2.23. The second-order valence-electron chi connectivity index (χ2n) is 9.66. The van der Waals surface area contributed by atoms with Gasteiger partial charge in [-0.1, -0.05) is 54.1 Å². The highest BCUT2D eigenvalue weighted by atomic mass is 16.5. The predicted octanol–water partition coefficient (Wildman–Crippen LogP) is 4.29. The molecule has 190 valence electrons. The Kier molecular flexibility index (Phi) is 7.21. The molecule has 0 bridgehead atoms. The number of amides is 1. The first-order valence-electron chi connectivity index (χ1n) is 12.7. The highest BCUT2D eigenvalue weighted by molar-refractivity contribution is 5.80. The van der Waals surface area contributed by atoms with Crippen LogP contribution in [-0.2, 0) is 17.9 Å². The first-order chi connectivity index (χ1) is 18.0. The normalized spacial score (nSPS) is 15.5. The lowest BCUT2D eigenvalue weighted by atomic mass is 9.97. The Morgan fingerprint density at radius 1 is 1.05 bits per heavy atom. The van der Waals surface area contributed by atoms with Gasteiger partial charge in [-0.05, 0) is 55.2 Å². The fourth-order valence-corrected chi connectivity index (χ4v) is 4.92. The number of aromatic nitrogens is 2. The molecule has 1 fully saturated rings. The Balaban J connectivity index is 1.37. The average Bonchev–Trinajstić information content (AvgIpc) is 2.94. The number of ether oxygens (including phenoxy) is 1. The SMILES string of the molecule is COc1cccc(CNC(=O)[C@@H]2CCCN(c3nc4ccccc4n(Cc4ccc(C)cc4)c3=O)C2)c1. The molecular formula is C30H32N4O3. The molecule has 3 aromatic carbocycles. The van der Waals surface area contributed by atoms with Crippen LogP contribution in [-0.4, -0.2) is 35.7 Å². The molecule has 1 saturated heterocycles. The fourth-order valence-electron chi connectivity index (χ4n) is 4.92. The molecule has 0 radical (unpaired) electrons. The molecule has 0 saturated carbocycles. The molecular weight excluding hydrogens is 464 g/mol. The minimum Gasteiger partial charge on any atom is -0.497 e. The van der Waals surface area contributed by atoms with Gasteiger partial charge in [0.1, 0.15) is 5.75 Å². The lowest BCUT2D eigenvalue weighted by molar-refractivity contribution is -0.125. The van der Waals surface area contributed by atoms with Gasteiger partial charge in [0.05, 0.1) is 30.6 Å². The Hall–Kier alpha value is -4.13. The number of nitrogens with one attached hydrogen (secondary N) is 1. The van der Waals surface area contributed by atoms with Gasteiger partial charge >= 0.3 is 0 Å². The van der Waals surface area contributed by atoms with Crippen LogP contribution in [0.15, 0.2) is 77.6 Å². The lowest BCUT2D eigenvalue weighted by Gasteiger charge is -2.33. The Labute approximate surface area is 216 Å². The first-order valence-corrected chi connectivity index (χ1v) is 12.7. The molecule has 0 unspecified atom stereocenters. The van der Waals surface area contributed by atoms with Crippen molar-refractivity contribution in [1.29, 1.82) is 0 Å². The summed E-state index contributed by atoms with van der Waals surface area (Å²) in [4.78, 5) is 33.6. The molecule has 1 aromatic heterocycles. The number of piperidine rings is 1. The minimum absolute atomic E-state index is 0.00621. The molecule has 1 aliphatic heterocycles. The largest absolute Gasteiger partial charge is 0.497 e. The van der Waals surface area contributed by atoms with E-state index < -0.39 is 0 Å². The van der Waals surface area contributed by atoms with Gasteiger partial charge in [-0.25, -0.2) is 4.98 Å². The number of carbonyl (C=O) groups is 1. The van der Waals surface area contributed by atoms with Crippen molar-refractivity contribution in [3.63, 3.8) is 0 Å². The average molecular weight is 497 g/mol. The zero-order valence-electron chi connectivity index (χ0n) is 21.3. The number of rotatable bonds is 7. The number of carbonyl (C=O) groups excluding carboxylic acids is 1. The van der Waals surface area contributed by atoms with E-state index in [9.17, 15) is 9.59 Å². The van der Waals surface area contributed by atoms with Crippen LogP contribution in [0.3, 0.4) is 0 Å². The van der Waals surface area contributed by atoms with E-state index in [1.807, 2.05) is 53.4 Å². The summed E-state index contributed by atoms with van der Waals surface area (Å²) in [5, 5.41) is 3.06. The van der Waals surface area contributed by atoms with Gasteiger partial charge in [0.2, 0.25) is 5.91 Å². The number of anilines is 1. The van der Waals surface area contributed by atoms with E-state index in [0.717, 1.165) is 40.8 Å². The summed E-state index contributed by atoms with van der Waals surface area (Å²) in [7, 11) is 1.63. The quantitative estimate of drug-likeness (QED) is 0.413. The number of hydrogen-bond acceptors (Lipinski definition) is 5. The molecule has 7 nitrogen and oxygen atoms in total. The second-order valence-corrected chi connectivity index (χ2v) is 9.66. The van der Waals surface area contributed by atoms with Crippen molar-refractivity contribution in [3.8, 4) is 5.75 Å². The van der Waals surface area contributed by atoms with Crippen LogP contribution in [0.1, 0.15) is 29.5 Å². The van der Waals surface area contributed by atoms with Gasteiger partial charge in [0.15, 0.2) is 5.82 Å². The maximum absolute atomic E-state index is 13.7. The number of benzene rings is 3. The zero-order chi connectivity index (χ0) is 25.8. The summed E-state index contributed by atoms with van der Waals surface area (Å²) in [6, 6.07) is 23.6. The van der Waals surface area contributed by atoms with Gasteiger partial charge in [-0.15, -0.1) is 0 Å². The van der Waals surface area contributed by atoms with E-state index in [0.29, 0.717) is 32.0 Å². The van der Waals surface area contributed by atoms with E-state index in [4.69, 9.17) is 9.72 Å². The Morgan fingerprint density at radius 2 is 1.86 bits per heavy atom.